The van der Waals surface area contributed by atoms with Crippen LogP contribution in [0.5, 0.6) is 0 Å². The van der Waals surface area contributed by atoms with E-state index < -0.39 is 15.9 Å². The van der Waals surface area contributed by atoms with Crippen molar-refractivity contribution in [3.05, 3.63) is 23.8 Å². The quantitative estimate of drug-likeness (QED) is 0.779. The molecule has 1 amide bonds. The second-order valence-corrected chi connectivity index (χ2v) is 8.36. The maximum absolute atomic E-state index is 12.3. The summed E-state index contributed by atoms with van der Waals surface area (Å²) in [6.07, 6.45) is 0.796. The number of amides is 1. The average molecular weight is 354 g/mol. The summed E-state index contributed by atoms with van der Waals surface area (Å²) in [4.78, 5) is 23.6. The number of nitrogens with one attached hydrogen (secondary N) is 1. The summed E-state index contributed by atoms with van der Waals surface area (Å²) in [6, 6.07) is 4.62. The summed E-state index contributed by atoms with van der Waals surface area (Å²) in [7, 11) is -0.718. The molecule has 1 fully saturated rings. The molecule has 0 heterocycles. The number of carbonyl (C=O) groups is 2. The van der Waals surface area contributed by atoms with Gasteiger partial charge >= 0.3 is 5.97 Å². The monoisotopic (exact) mass is 354 g/mol. The Labute approximate surface area is 142 Å². The molecule has 0 aliphatic heterocycles. The van der Waals surface area contributed by atoms with E-state index in [1.165, 1.54) is 20.2 Å². The van der Waals surface area contributed by atoms with E-state index in [-0.39, 0.29) is 23.4 Å². The van der Waals surface area contributed by atoms with Crippen LogP contribution in [0.1, 0.15) is 18.9 Å². The van der Waals surface area contributed by atoms with Gasteiger partial charge in [-0.1, -0.05) is 13.0 Å². The minimum absolute atomic E-state index is 0.103. The molecule has 1 aromatic rings. The van der Waals surface area contributed by atoms with Crippen molar-refractivity contribution >= 4 is 27.6 Å². The lowest BCUT2D eigenvalue weighted by Gasteiger charge is -2.15. The van der Waals surface area contributed by atoms with E-state index >= 15 is 0 Å². The van der Waals surface area contributed by atoms with Crippen molar-refractivity contribution in [1.29, 1.82) is 0 Å². The number of sulfonamides is 1. The van der Waals surface area contributed by atoms with Crippen LogP contribution in [0, 0.1) is 18.8 Å². The number of rotatable bonds is 6. The largest absolute Gasteiger partial charge is 0.455 e. The Bertz CT molecular complexity index is 758. The zero-order valence-corrected chi connectivity index (χ0v) is 15.0. The maximum atomic E-state index is 12.3. The molecule has 1 saturated carbocycles. The first kappa shape index (κ1) is 18.4. The van der Waals surface area contributed by atoms with Crippen LogP contribution in [0.4, 0.5) is 5.69 Å². The van der Waals surface area contributed by atoms with E-state index in [0.717, 1.165) is 10.7 Å². The fourth-order valence-electron chi connectivity index (χ4n) is 2.24. The van der Waals surface area contributed by atoms with Crippen molar-refractivity contribution < 1.29 is 22.7 Å². The Hall–Kier alpha value is -1.93. The Morgan fingerprint density at radius 2 is 1.96 bits per heavy atom. The summed E-state index contributed by atoms with van der Waals surface area (Å²) >= 11 is 0. The van der Waals surface area contributed by atoms with E-state index in [1.807, 2.05) is 6.92 Å². The molecule has 1 aliphatic carbocycles. The van der Waals surface area contributed by atoms with Crippen LogP contribution in [-0.4, -0.2) is 45.3 Å². The fraction of sp³-hybridized carbons (Fsp3) is 0.500. The zero-order valence-electron chi connectivity index (χ0n) is 14.2. The second kappa shape index (κ2) is 6.90. The highest BCUT2D eigenvalue weighted by Gasteiger charge is 2.40. The molecule has 1 aromatic carbocycles. The summed E-state index contributed by atoms with van der Waals surface area (Å²) in [5.74, 6) is -0.656. The van der Waals surface area contributed by atoms with E-state index in [9.17, 15) is 18.0 Å². The Balaban J connectivity index is 2.02. The number of aryl methyl sites for hydroxylation is 1. The van der Waals surface area contributed by atoms with Crippen LogP contribution in [-0.2, 0) is 24.3 Å². The highest BCUT2D eigenvalue weighted by Crippen LogP contribution is 2.38. The van der Waals surface area contributed by atoms with Crippen LogP contribution in [0.25, 0.3) is 0 Å². The van der Waals surface area contributed by atoms with Gasteiger partial charge in [-0.05, 0) is 37.0 Å². The molecule has 24 heavy (non-hydrogen) atoms. The van der Waals surface area contributed by atoms with E-state index in [1.54, 1.807) is 19.1 Å². The lowest BCUT2D eigenvalue weighted by Crippen LogP contribution is -2.24. The van der Waals surface area contributed by atoms with Gasteiger partial charge < -0.3 is 10.1 Å². The van der Waals surface area contributed by atoms with Crippen molar-refractivity contribution in [3.63, 3.8) is 0 Å². The molecule has 1 N–H and O–H groups in total. The minimum Gasteiger partial charge on any atom is -0.455 e. The van der Waals surface area contributed by atoms with Crippen LogP contribution >= 0.6 is 0 Å². The molecular formula is C16H22N2O5S. The first-order valence-corrected chi connectivity index (χ1v) is 9.06. The molecule has 7 nitrogen and oxygen atoms in total. The standard InChI is InChI=1S/C16H22N2O5S/c1-10-5-6-12(8-14(10)24(21,22)18(3)4)17-15(19)9-23-16(20)13-7-11(13)2/h5-6,8,11,13H,7,9H2,1-4H3,(H,17,19)/t11-,13-/m0/s1. The number of anilines is 1. The SMILES string of the molecule is Cc1ccc(NC(=O)COC(=O)[C@H]2C[C@@H]2C)cc1S(=O)(=O)N(C)C. The molecule has 0 bridgehead atoms. The van der Waals surface area contributed by atoms with Gasteiger partial charge in [-0.2, -0.15) is 0 Å². The average Bonchev–Trinajstić information content (AvgIpc) is 3.23. The molecule has 132 valence electrons. The number of ether oxygens (including phenoxy) is 1. The van der Waals surface area contributed by atoms with Crippen molar-refractivity contribution in [3.8, 4) is 0 Å². The lowest BCUT2D eigenvalue weighted by molar-refractivity contribution is -0.148. The third-order valence-corrected chi connectivity index (χ3v) is 5.95. The molecule has 1 aliphatic rings. The first-order valence-electron chi connectivity index (χ1n) is 7.62. The maximum Gasteiger partial charge on any atom is 0.309 e. The molecule has 0 unspecified atom stereocenters. The molecule has 0 aromatic heterocycles. The van der Waals surface area contributed by atoms with Crippen molar-refractivity contribution in [2.45, 2.75) is 25.2 Å². The van der Waals surface area contributed by atoms with Gasteiger partial charge in [0.1, 0.15) is 0 Å². The molecule has 8 heteroatoms. The van der Waals surface area contributed by atoms with Gasteiger partial charge in [-0.25, -0.2) is 12.7 Å². The predicted molar refractivity (Wildman–Crippen MR) is 88.9 cm³/mol. The van der Waals surface area contributed by atoms with E-state index in [4.69, 9.17) is 4.74 Å². The Morgan fingerprint density at radius 1 is 1.33 bits per heavy atom. The van der Waals surface area contributed by atoms with Gasteiger partial charge in [0, 0.05) is 19.8 Å². The Kier molecular flexibility index (Phi) is 5.29. The fourth-order valence-corrected chi connectivity index (χ4v) is 3.39. The van der Waals surface area contributed by atoms with Crippen molar-refractivity contribution in [2.24, 2.45) is 11.8 Å². The number of nitrogens with zero attached hydrogens (tertiary/aromatic N) is 1. The first-order chi connectivity index (χ1) is 11.1. The molecule has 0 spiro atoms. The van der Waals surface area contributed by atoms with Crippen LogP contribution < -0.4 is 5.32 Å². The van der Waals surface area contributed by atoms with Crippen LogP contribution in [0.2, 0.25) is 0 Å². The highest BCUT2D eigenvalue weighted by molar-refractivity contribution is 7.89. The third-order valence-electron chi connectivity index (χ3n) is 3.99. The smallest absolute Gasteiger partial charge is 0.309 e. The van der Waals surface area contributed by atoms with Gasteiger partial charge in [-0.15, -0.1) is 0 Å². The third kappa shape index (κ3) is 4.12. The van der Waals surface area contributed by atoms with Gasteiger partial charge in [0.2, 0.25) is 10.0 Å². The summed E-state index contributed by atoms with van der Waals surface area (Å²) < 4.78 is 30.6. The summed E-state index contributed by atoms with van der Waals surface area (Å²) in [5, 5.41) is 2.55. The van der Waals surface area contributed by atoms with Crippen molar-refractivity contribution in [2.75, 3.05) is 26.0 Å². The normalized spacial score (nSPS) is 19.9. The molecule has 2 atom stereocenters. The van der Waals surface area contributed by atoms with E-state index in [2.05, 4.69) is 5.32 Å². The lowest BCUT2D eigenvalue weighted by atomic mass is 10.2. The molecule has 0 radical (unpaired) electrons. The summed E-state index contributed by atoms with van der Waals surface area (Å²) in [5.41, 5.74) is 0.915. The topological polar surface area (TPSA) is 92.8 Å². The number of hydrogen-bond acceptors (Lipinski definition) is 5. The van der Waals surface area contributed by atoms with Gasteiger partial charge in [-0.3, -0.25) is 9.59 Å². The van der Waals surface area contributed by atoms with E-state index in [0.29, 0.717) is 17.2 Å². The number of carbonyl (C=O) groups excluding carboxylic acids is 2. The molecule has 2 rings (SSSR count). The number of benzene rings is 1. The minimum atomic E-state index is -3.60. The van der Waals surface area contributed by atoms with Gasteiger partial charge in [0.05, 0.1) is 10.8 Å². The van der Waals surface area contributed by atoms with Crippen LogP contribution in [0.3, 0.4) is 0 Å². The Morgan fingerprint density at radius 3 is 2.50 bits per heavy atom. The number of hydrogen-bond donors (Lipinski definition) is 1. The summed E-state index contributed by atoms with van der Waals surface area (Å²) in [6.45, 7) is 3.25. The molecular weight excluding hydrogens is 332 g/mol. The number of esters is 1. The van der Waals surface area contributed by atoms with Gasteiger partial charge in [0.25, 0.3) is 5.91 Å². The van der Waals surface area contributed by atoms with Gasteiger partial charge in [0.15, 0.2) is 6.61 Å². The second-order valence-electron chi connectivity index (χ2n) is 6.24. The zero-order chi connectivity index (χ0) is 18.1. The molecule has 0 saturated heterocycles. The van der Waals surface area contributed by atoms with Crippen molar-refractivity contribution in [1.82, 2.24) is 4.31 Å². The highest BCUT2D eigenvalue weighted by atomic mass is 32.2. The predicted octanol–water partition coefficient (Wildman–Crippen LogP) is 1.38. The van der Waals surface area contributed by atoms with Crippen LogP contribution in [0.15, 0.2) is 23.1 Å².